The molecule has 0 aliphatic rings. The van der Waals surface area contributed by atoms with E-state index in [2.05, 4.69) is 10.5 Å². The third-order valence-electron chi connectivity index (χ3n) is 4.55. The molecule has 1 N–H and O–H groups in total. The van der Waals surface area contributed by atoms with Crippen LogP contribution in [0.3, 0.4) is 0 Å². The van der Waals surface area contributed by atoms with Gasteiger partial charge in [0, 0.05) is 6.08 Å². The van der Waals surface area contributed by atoms with Gasteiger partial charge in [-0.3, -0.25) is 4.79 Å². The minimum atomic E-state index is -0.483. The Kier molecular flexibility index (Phi) is 6.51. The van der Waals surface area contributed by atoms with Crippen LogP contribution >= 0.6 is 0 Å². The van der Waals surface area contributed by atoms with E-state index in [1.165, 1.54) is 12.1 Å². The Morgan fingerprint density at radius 2 is 1.97 bits per heavy atom. The molecule has 0 fully saturated rings. The highest BCUT2D eigenvalue weighted by atomic mass is 19.1. The highest BCUT2D eigenvalue weighted by Crippen LogP contribution is 2.30. The van der Waals surface area contributed by atoms with Crippen molar-refractivity contribution in [2.45, 2.75) is 27.4 Å². The number of nitrogens with zero attached hydrogens (tertiary/aromatic N) is 1. The van der Waals surface area contributed by atoms with Crippen molar-refractivity contribution in [3.05, 3.63) is 76.4 Å². The first kappa shape index (κ1) is 21.1. The van der Waals surface area contributed by atoms with Crippen LogP contribution in [-0.2, 0) is 11.4 Å². The van der Waals surface area contributed by atoms with Crippen molar-refractivity contribution in [3.63, 3.8) is 0 Å². The highest BCUT2D eigenvalue weighted by Gasteiger charge is 2.12. The Labute approximate surface area is 174 Å². The van der Waals surface area contributed by atoms with Gasteiger partial charge in [-0.25, -0.2) is 4.39 Å². The Hall–Kier alpha value is -3.61. The molecule has 7 heteroatoms. The van der Waals surface area contributed by atoms with Gasteiger partial charge in [-0.05, 0) is 62.2 Å². The highest BCUT2D eigenvalue weighted by molar-refractivity contribution is 6.02. The van der Waals surface area contributed by atoms with Gasteiger partial charge in [-0.1, -0.05) is 17.3 Å². The second-order valence-corrected chi connectivity index (χ2v) is 6.81. The van der Waals surface area contributed by atoms with Gasteiger partial charge in [-0.15, -0.1) is 0 Å². The zero-order valence-corrected chi connectivity index (χ0v) is 17.3. The molecule has 156 valence electrons. The van der Waals surface area contributed by atoms with Crippen LogP contribution in [0.2, 0.25) is 0 Å². The van der Waals surface area contributed by atoms with Gasteiger partial charge in [0.1, 0.15) is 18.2 Å². The maximum Gasteiger partial charge on any atom is 0.248 e. The summed E-state index contributed by atoms with van der Waals surface area (Å²) in [5.74, 6) is 0.873. The van der Waals surface area contributed by atoms with Crippen LogP contribution in [0.25, 0.3) is 6.08 Å². The molecule has 0 saturated heterocycles. The molecule has 0 bridgehead atoms. The molecule has 0 aliphatic carbocycles. The number of hydrogen-bond donors (Lipinski definition) is 1. The van der Waals surface area contributed by atoms with Crippen LogP contribution < -0.4 is 14.8 Å². The van der Waals surface area contributed by atoms with Gasteiger partial charge >= 0.3 is 0 Å². The quantitative estimate of drug-likeness (QED) is 0.556. The minimum absolute atomic E-state index is 0.144. The number of hydrogen-bond acceptors (Lipinski definition) is 5. The van der Waals surface area contributed by atoms with Crippen LogP contribution in [0.4, 0.5) is 10.1 Å². The number of methoxy groups -OCH3 is 1. The SMILES string of the molecule is COc1cc(/C=C/C(=O)Nc2cc(C)ccc2F)ccc1OCc1c(C)noc1C. The lowest BCUT2D eigenvalue weighted by atomic mass is 10.1. The fraction of sp³-hybridized carbons (Fsp3) is 0.217. The first-order chi connectivity index (χ1) is 14.4. The summed E-state index contributed by atoms with van der Waals surface area (Å²) in [6.07, 6.45) is 2.95. The zero-order chi connectivity index (χ0) is 21.7. The van der Waals surface area contributed by atoms with E-state index >= 15 is 0 Å². The number of ether oxygens (including phenoxy) is 2. The van der Waals surface area contributed by atoms with Gasteiger partial charge in [0.05, 0.1) is 24.1 Å². The Balaban J connectivity index is 1.68. The average molecular weight is 410 g/mol. The predicted octanol–water partition coefficient (Wildman–Crippen LogP) is 4.98. The largest absolute Gasteiger partial charge is 0.493 e. The van der Waals surface area contributed by atoms with E-state index < -0.39 is 11.7 Å². The average Bonchev–Trinajstić information content (AvgIpc) is 3.05. The Morgan fingerprint density at radius 1 is 1.17 bits per heavy atom. The number of carbonyl (C=O) groups is 1. The van der Waals surface area contributed by atoms with Crippen LogP contribution in [0.15, 0.2) is 47.0 Å². The summed E-state index contributed by atoms with van der Waals surface area (Å²) in [4.78, 5) is 12.1. The number of aryl methyl sites for hydroxylation is 3. The third kappa shape index (κ3) is 5.05. The molecule has 1 aromatic heterocycles. The predicted molar refractivity (Wildman–Crippen MR) is 112 cm³/mol. The fourth-order valence-electron chi connectivity index (χ4n) is 2.85. The zero-order valence-electron chi connectivity index (χ0n) is 17.3. The van der Waals surface area contributed by atoms with Gasteiger partial charge in [0.15, 0.2) is 11.5 Å². The Bertz CT molecular complexity index is 1070. The summed E-state index contributed by atoms with van der Waals surface area (Å²) in [5.41, 5.74) is 3.40. The van der Waals surface area contributed by atoms with E-state index in [0.717, 1.165) is 22.4 Å². The summed E-state index contributed by atoms with van der Waals surface area (Å²) in [5, 5.41) is 6.45. The van der Waals surface area contributed by atoms with Gasteiger partial charge < -0.3 is 19.3 Å². The fourth-order valence-corrected chi connectivity index (χ4v) is 2.85. The van der Waals surface area contributed by atoms with E-state index in [1.807, 2.05) is 20.8 Å². The smallest absolute Gasteiger partial charge is 0.248 e. The second kappa shape index (κ2) is 9.26. The molecular weight excluding hydrogens is 387 g/mol. The number of nitrogens with one attached hydrogen (secondary N) is 1. The molecule has 1 heterocycles. The summed E-state index contributed by atoms with van der Waals surface area (Å²) in [6, 6.07) is 9.84. The minimum Gasteiger partial charge on any atom is -0.493 e. The molecule has 0 unspecified atom stereocenters. The van der Waals surface area contributed by atoms with Crippen LogP contribution in [-0.4, -0.2) is 18.2 Å². The molecular formula is C23H23FN2O4. The van der Waals surface area contributed by atoms with E-state index in [9.17, 15) is 9.18 Å². The van der Waals surface area contributed by atoms with Crippen LogP contribution in [0, 0.1) is 26.6 Å². The van der Waals surface area contributed by atoms with Crippen molar-refractivity contribution in [1.29, 1.82) is 0 Å². The van der Waals surface area contributed by atoms with Crippen molar-refractivity contribution in [2.24, 2.45) is 0 Å². The standard InChI is InChI=1S/C23H23FN2O4/c1-14-5-8-19(24)20(11-14)25-23(27)10-7-17-6-9-21(22(12-17)28-4)29-13-18-15(2)26-30-16(18)3/h5-12H,13H2,1-4H3,(H,25,27)/b10-7+. The van der Waals surface area contributed by atoms with E-state index in [0.29, 0.717) is 23.9 Å². The molecule has 0 saturated carbocycles. The molecule has 1 amide bonds. The maximum absolute atomic E-state index is 13.8. The summed E-state index contributed by atoms with van der Waals surface area (Å²) in [6.45, 7) is 5.81. The van der Waals surface area contributed by atoms with Crippen molar-refractivity contribution < 1.29 is 23.2 Å². The molecule has 6 nitrogen and oxygen atoms in total. The van der Waals surface area contributed by atoms with Gasteiger partial charge in [0.25, 0.3) is 0 Å². The number of amides is 1. The lowest BCUT2D eigenvalue weighted by molar-refractivity contribution is -0.111. The number of halogens is 1. The van der Waals surface area contributed by atoms with E-state index in [1.54, 1.807) is 43.5 Å². The van der Waals surface area contributed by atoms with Crippen molar-refractivity contribution >= 4 is 17.7 Å². The van der Waals surface area contributed by atoms with Crippen LogP contribution in [0.5, 0.6) is 11.5 Å². The molecule has 0 aliphatic heterocycles. The van der Waals surface area contributed by atoms with Crippen LogP contribution in [0.1, 0.15) is 28.1 Å². The normalized spacial score (nSPS) is 11.0. The first-order valence-electron chi connectivity index (χ1n) is 9.35. The number of carbonyl (C=O) groups excluding carboxylic acids is 1. The number of benzene rings is 2. The van der Waals surface area contributed by atoms with Gasteiger partial charge in [0.2, 0.25) is 5.91 Å². The lowest BCUT2D eigenvalue weighted by Crippen LogP contribution is -2.09. The third-order valence-corrected chi connectivity index (χ3v) is 4.55. The Morgan fingerprint density at radius 3 is 2.67 bits per heavy atom. The number of rotatable bonds is 7. The number of aromatic nitrogens is 1. The molecule has 0 radical (unpaired) electrons. The first-order valence-corrected chi connectivity index (χ1v) is 9.35. The molecule has 2 aromatic carbocycles. The number of anilines is 1. The molecule has 3 rings (SSSR count). The molecule has 0 atom stereocenters. The second-order valence-electron chi connectivity index (χ2n) is 6.81. The van der Waals surface area contributed by atoms with Gasteiger partial charge in [-0.2, -0.15) is 0 Å². The molecule has 3 aromatic rings. The van der Waals surface area contributed by atoms with E-state index in [4.69, 9.17) is 14.0 Å². The maximum atomic E-state index is 13.8. The summed E-state index contributed by atoms with van der Waals surface area (Å²) < 4.78 is 30.2. The summed E-state index contributed by atoms with van der Waals surface area (Å²) >= 11 is 0. The van der Waals surface area contributed by atoms with Crippen molar-refractivity contribution in [2.75, 3.05) is 12.4 Å². The van der Waals surface area contributed by atoms with E-state index in [-0.39, 0.29) is 5.69 Å². The topological polar surface area (TPSA) is 73.6 Å². The lowest BCUT2D eigenvalue weighted by Gasteiger charge is -2.11. The molecule has 30 heavy (non-hydrogen) atoms. The van der Waals surface area contributed by atoms with Crippen molar-refractivity contribution in [1.82, 2.24) is 5.16 Å². The monoisotopic (exact) mass is 410 g/mol. The molecule has 0 spiro atoms. The van der Waals surface area contributed by atoms with Crippen molar-refractivity contribution in [3.8, 4) is 11.5 Å². The summed E-state index contributed by atoms with van der Waals surface area (Å²) in [7, 11) is 1.54.